The molecule has 0 saturated carbocycles. The van der Waals surface area contributed by atoms with Crippen molar-refractivity contribution in [2.24, 2.45) is 5.73 Å². The van der Waals surface area contributed by atoms with E-state index in [-0.39, 0.29) is 5.96 Å². The third-order valence-electron chi connectivity index (χ3n) is 2.23. The smallest absolute Gasteiger partial charge is 0.213 e. The summed E-state index contributed by atoms with van der Waals surface area (Å²) in [6.45, 7) is 8.10. The molecule has 1 heterocycles. The van der Waals surface area contributed by atoms with Crippen LogP contribution in [0.5, 0.6) is 0 Å². The first-order chi connectivity index (χ1) is 5.95. The van der Waals surface area contributed by atoms with Crippen LogP contribution in [-0.4, -0.2) is 15.7 Å². The van der Waals surface area contributed by atoms with Crippen LogP contribution >= 0.6 is 0 Å². The molecule has 13 heavy (non-hydrogen) atoms. The van der Waals surface area contributed by atoms with E-state index in [2.05, 4.69) is 18.9 Å². The fourth-order valence-corrected chi connectivity index (χ4v) is 1.38. The van der Waals surface area contributed by atoms with E-state index >= 15 is 0 Å². The van der Waals surface area contributed by atoms with Crippen LogP contribution in [0.1, 0.15) is 36.7 Å². The van der Waals surface area contributed by atoms with Gasteiger partial charge in [0.1, 0.15) is 0 Å². The number of hydrogen-bond donors (Lipinski definition) is 2. The average molecular weight is 180 g/mol. The van der Waals surface area contributed by atoms with Gasteiger partial charge in [-0.25, -0.2) is 4.68 Å². The monoisotopic (exact) mass is 180 g/mol. The maximum absolute atomic E-state index is 7.31. The van der Waals surface area contributed by atoms with Crippen LogP contribution in [0.25, 0.3) is 0 Å². The zero-order valence-electron chi connectivity index (χ0n) is 8.55. The number of nitrogen functional groups attached to an aromatic ring is 1. The Morgan fingerprint density at radius 3 is 2.23 bits per heavy atom. The first-order valence-electron chi connectivity index (χ1n) is 4.35. The second kappa shape index (κ2) is 3.20. The second-order valence-corrected chi connectivity index (χ2v) is 3.55. The molecule has 1 aromatic rings. The van der Waals surface area contributed by atoms with Gasteiger partial charge in [-0.15, -0.1) is 0 Å². The van der Waals surface area contributed by atoms with Crippen molar-refractivity contribution in [3.63, 3.8) is 0 Å². The lowest BCUT2D eigenvalue weighted by Gasteiger charge is -1.99. The quantitative estimate of drug-likeness (QED) is 0.506. The molecule has 0 bridgehead atoms. The summed E-state index contributed by atoms with van der Waals surface area (Å²) < 4.78 is 1.48. The van der Waals surface area contributed by atoms with Crippen molar-refractivity contribution in [2.75, 3.05) is 0 Å². The van der Waals surface area contributed by atoms with E-state index in [9.17, 15) is 0 Å². The summed E-state index contributed by atoms with van der Waals surface area (Å²) in [5.74, 6) is 0.354. The Bertz CT molecular complexity index is 336. The minimum Gasteiger partial charge on any atom is -0.368 e. The molecule has 0 unspecified atom stereocenters. The molecule has 4 heteroatoms. The Labute approximate surface area is 78.3 Å². The predicted molar refractivity (Wildman–Crippen MR) is 53.1 cm³/mol. The predicted octanol–water partition coefficient (Wildman–Crippen LogP) is 1.36. The highest BCUT2D eigenvalue weighted by Gasteiger charge is 2.14. The van der Waals surface area contributed by atoms with Crippen LogP contribution in [0.2, 0.25) is 0 Å². The molecule has 0 aliphatic heterocycles. The fourth-order valence-electron chi connectivity index (χ4n) is 1.38. The molecule has 1 aromatic heterocycles. The molecule has 0 radical (unpaired) electrons. The molecule has 0 amide bonds. The van der Waals surface area contributed by atoms with E-state index < -0.39 is 0 Å². The molecular weight excluding hydrogens is 164 g/mol. The average Bonchev–Trinajstić information content (AvgIpc) is 2.29. The largest absolute Gasteiger partial charge is 0.368 e. The van der Waals surface area contributed by atoms with Gasteiger partial charge in [-0.05, 0) is 25.3 Å². The van der Waals surface area contributed by atoms with Gasteiger partial charge < -0.3 is 5.73 Å². The van der Waals surface area contributed by atoms with E-state index in [1.807, 2.05) is 13.8 Å². The molecule has 0 fully saturated rings. The molecule has 0 atom stereocenters. The summed E-state index contributed by atoms with van der Waals surface area (Å²) in [5.41, 5.74) is 8.49. The molecular formula is C9H16N4. The van der Waals surface area contributed by atoms with Crippen molar-refractivity contribution in [3.05, 3.63) is 17.0 Å². The normalized spacial score (nSPS) is 10.8. The zero-order valence-corrected chi connectivity index (χ0v) is 8.55. The lowest BCUT2D eigenvalue weighted by Crippen LogP contribution is -2.23. The van der Waals surface area contributed by atoms with E-state index in [0.29, 0.717) is 5.92 Å². The highest BCUT2D eigenvalue weighted by molar-refractivity contribution is 5.77. The Balaban J connectivity index is 3.28. The van der Waals surface area contributed by atoms with Crippen molar-refractivity contribution < 1.29 is 0 Å². The number of hydrogen-bond acceptors (Lipinski definition) is 2. The van der Waals surface area contributed by atoms with Crippen LogP contribution in [0, 0.1) is 19.3 Å². The molecule has 0 aromatic carbocycles. The van der Waals surface area contributed by atoms with Crippen molar-refractivity contribution >= 4 is 5.96 Å². The molecule has 3 N–H and O–H groups in total. The van der Waals surface area contributed by atoms with E-state index in [1.165, 1.54) is 4.68 Å². The van der Waals surface area contributed by atoms with Crippen molar-refractivity contribution in [1.29, 1.82) is 5.41 Å². The van der Waals surface area contributed by atoms with Crippen LogP contribution in [0.4, 0.5) is 0 Å². The Hall–Kier alpha value is -1.32. The minimum absolute atomic E-state index is 0.0208. The molecule has 72 valence electrons. The van der Waals surface area contributed by atoms with Gasteiger partial charge in [0.25, 0.3) is 0 Å². The minimum atomic E-state index is -0.0208. The maximum atomic E-state index is 7.31. The summed E-state index contributed by atoms with van der Waals surface area (Å²) in [6.07, 6.45) is 0. The lowest BCUT2D eigenvalue weighted by atomic mass is 10.1. The standard InChI is InChI=1S/C9H16N4/c1-5(2)8-6(3)7(4)13(12-8)9(10)11/h5H,1-4H3,(H3,10,11). The summed E-state index contributed by atoms with van der Waals surface area (Å²) in [6, 6.07) is 0. The van der Waals surface area contributed by atoms with Gasteiger partial charge in [0, 0.05) is 5.69 Å². The van der Waals surface area contributed by atoms with Crippen molar-refractivity contribution in [3.8, 4) is 0 Å². The van der Waals surface area contributed by atoms with Crippen LogP contribution in [0.15, 0.2) is 0 Å². The summed E-state index contributed by atoms with van der Waals surface area (Å²) in [7, 11) is 0. The van der Waals surface area contributed by atoms with Crippen LogP contribution in [0.3, 0.4) is 0 Å². The summed E-state index contributed by atoms with van der Waals surface area (Å²) in [5, 5.41) is 11.6. The van der Waals surface area contributed by atoms with E-state index in [1.54, 1.807) is 0 Å². The molecule has 0 spiro atoms. The van der Waals surface area contributed by atoms with Gasteiger partial charge in [0.05, 0.1) is 5.69 Å². The number of nitrogens with zero attached hydrogens (tertiary/aromatic N) is 2. The third-order valence-corrected chi connectivity index (χ3v) is 2.23. The SMILES string of the molecule is Cc1c(C(C)C)nn(C(=N)N)c1C. The highest BCUT2D eigenvalue weighted by atomic mass is 15.3. The van der Waals surface area contributed by atoms with Gasteiger partial charge in [0.2, 0.25) is 5.96 Å². The first kappa shape index (κ1) is 9.77. The Morgan fingerprint density at radius 2 is 2.00 bits per heavy atom. The first-order valence-corrected chi connectivity index (χ1v) is 4.35. The number of aromatic nitrogens is 2. The number of rotatable bonds is 1. The molecule has 4 nitrogen and oxygen atoms in total. The van der Waals surface area contributed by atoms with Gasteiger partial charge >= 0.3 is 0 Å². The van der Waals surface area contributed by atoms with Gasteiger partial charge in [-0.1, -0.05) is 13.8 Å². The molecule has 0 aliphatic rings. The number of nitrogens with two attached hydrogens (primary N) is 1. The fraction of sp³-hybridized carbons (Fsp3) is 0.556. The van der Waals surface area contributed by atoms with E-state index in [4.69, 9.17) is 11.1 Å². The molecule has 0 saturated heterocycles. The third kappa shape index (κ3) is 1.56. The molecule has 0 aliphatic carbocycles. The summed E-state index contributed by atoms with van der Waals surface area (Å²) >= 11 is 0. The van der Waals surface area contributed by atoms with Gasteiger partial charge in [-0.3, -0.25) is 5.41 Å². The van der Waals surface area contributed by atoms with Crippen molar-refractivity contribution in [2.45, 2.75) is 33.6 Å². The molecule has 1 rings (SSSR count). The van der Waals surface area contributed by atoms with Gasteiger partial charge in [0.15, 0.2) is 0 Å². The van der Waals surface area contributed by atoms with E-state index in [0.717, 1.165) is 17.0 Å². The Morgan fingerprint density at radius 1 is 1.46 bits per heavy atom. The zero-order chi connectivity index (χ0) is 10.2. The maximum Gasteiger partial charge on any atom is 0.213 e. The van der Waals surface area contributed by atoms with Crippen LogP contribution in [-0.2, 0) is 0 Å². The second-order valence-electron chi connectivity index (χ2n) is 3.55. The van der Waals surface area contributed by atoms with Crippen LogP contribution < -0.4 is 5.73 Å². The highest BCUT2D eigenvalue weighted by Crippen LogP contribution is 2.19. The Kier molecular flexibility index (Phi) is 2.40. The summed E-state index contributed by atoms with van der Waals surface area (Å²) in [4.78, 5) is 0. The van der Waals surface area contributed by atoms with Gasteiger partial charge in [-0.2, -0.15) is 5.10 Å². The topological polar surface area (TPSA) is 67.7 Å². The number of nitrogens with one attached hydrogen (secondary N) is 1. The lowest BCUT2D eigenvalue weighted by molar-refractivity contribution is 0.771. The van der Waals surface area contributed by atoms with Crippen molar-refractivity contribution in [1.82, 2.24) is 9.78 Å².